The first-order valence-electron chi connectivity index (χ1n) is 14.2. The molecule has 8 aromatic rings. The summed E-state index contributed by atoms with van der Waals surface area (Å²) < 4.78 is 0. The van der Waals surface area contributed by atoms with E-state index in [1.807, 2.05) is 36.8 Å². The molecule has 2 nitrogen and oxygen atoms in total. The van der Waals surface area contributed by atoms with Crippen molar-refractivity contribution >= 4 is 32.3 Å². The predicted octanol–water partition coefficient (Wildman–Crippen LogP) is 10.6. The Balaban J connectivity index is 1.40. The van der Waals surface area contributed by atoms with Crippen LogP contribution in [-0.2, 0) is 0 Å². The molecule has 6 aromatic carbocycles. The summed E-state index contributed by atoms with van der Waals surface area (Å²) in [6, 6.07) is 50.0. The quantitative estimate of drug-likeness (QED) is 0.210. The van der Waals surface area contributed by atoms with Crippen LogP contribution in [0.3, 0.4) is 0 Å². The highest BCUT2D eigenvalue weighted by Crippen LogP contribution is 2.45. The Labute approximate surface area is 244 Å². The first-order chi connectivity index (χ1) is 20.8. The van der Waals surface area contributed by atoms with Crippen molar-refractivity contribution in [2.75, 3.05) is 0 Å². The first kappa shape index (κ1) is 24.2. The molecule has 196 valence electrons. The molecule has 0 radical (unpaired) electrons. The summed E-state index contributed by atoms with van der Waals surface area (Å²) in [4.78, 5) is 8.90. The zero-order valence-electron chi connectivity index (χ0n) is 22.9. The standard InChI is InChI=1S/C40H26N2/c1-3-13-34-32(11-1)39(29-20-18-28(19-21-29)38-16-5-6-24-42-38)33-12-2-4-14-35(33)40(34)36-15-7-9-27-17-22-30(25-37(27)36)31-10-8-23-41-26-31/h1-26H. The third-order valence-corrected chi connectivity index (χ3v) is 8.21. The van der Waals surface area contributed by atoms with Gasteiger partial charge < -0.3 is 0 Å². The van der Waals surface area contributed by atoms with E-state index in [9.17, 15) is 0 Å². The molecule has 0 aliphatic rings. The number of rotatable bonds is 4. The lowest BCUT2D eigenvalue weighted by molar-refractivity contribution is 1.33. The first-order valence-corrected chi connectivity index (χ1v) is 14.2. The summed E-state index contributed by atoms with van der Waals surface area (Å²) in [5, 5.41) is 7.46. The van der Waals surface area contributed by atoms with Crippen LogP contribution >= 0.6 is 0 Å². The van der Waals surface area contributed by atoms with Gasteiger partial charge in [-0.05, 0) is 84.4 Å². The Kier molecular flexibility index (Phi) is 5.82. The Morgan fingerprint density at radius 3 is 1.71 bits per heavy atom. The maximum Gasteiger partial charge on any atom is 0.0701 e. The van der Waals surface area contributed by atoms with Crippen LogP contribution in [0.1, 0.15) is 0 Å². The molecule has 0 fully saturated rings. The second kappa shape index (κ2) is 10.1. The van der Waals surface area contributed by atoms with E-state index < -0.39 is 0 Å². The number of hydrogen-bond donors (Lipinski definition) is 0. The SMILES string of the molecule is c1ccc(-c2ccc(-c3c4ccccc4c(-c4cccc5ccc(-c6cccnc6)cc45)c4ccccc34)cc2)nc1. The summed E-state index contributed by atoms with van der Waals surface area (Å²) in [6.45, 7) is 0. The largest absolute Gasteiger partial charge is 0.264 e. The second-order valence-electron chi connectivity index (χ2n) is 10.6. The smallest absolute Gasteiger partial charge is 0.0701 e. The van der Waals surface area contributed by atoms with Crippen molar-refractivity contribution in [3.05, 3.63) is 158 Å². The Morgan fingerprint density at radius 1 is 0.381 bits per heavy atom. The Bertz CT molecular complexity index is 2160. The molecule has 2 aromatic heterocycles. The topological polar surface area (TPSA) is 25.8 Å². The van der Waals surface area contributed by atoms with Gasteiger partial charge in [0.1, 0.15) is 0 Å². The van der Waals surface area contributed by atoms with Crippen LogP contribution in [0.2, 0.25) is 0 Å². The molecule has 0 aliphatic carbocycles. The number of aromatic nitrogens is 2. The van der Waals surface area contributed by atoms with E-state index in [1.54, 1.807) is 0 Å². The van der Waals surface area contributed by atoms with Crippen LogP contribution in [0, 0.1) is 0 Å². The molecule has 0 amide bonds. The van der Waals surface area contributed by atoms with E-state index in [0.717, 1.165) is 16.8 Å². The molecular weight excluding hydrogens is 508 g/mol. The van der Waals surface area contributed by atoms with Crippen molar-refractivity contribution in [1.82, 2.24) is 9.97 Å². The summed E-state index contributed by atoms with van der Waals surface area (Å²) in [7, 11) is 0. The van der Waals surface area contributed by atoms with Gasteiger partial charge in [0, 0.05) is 29.7 Å². The second-order valence-corrected chi connectivity index (χ2v) is 10.6. The van der Waals surface area contributed by atoms with E-state index in [4.69, 9.17) is 0 Å². The molecule has 0 bridgehead atoms. The lowest BCUT2D eigenvalue weighted by Gasteiger charge is -2.19. The number of pyridine rings is 2. The van der Waals surface area contributed by atoms with Gasteiger partial charge in [-0.15, -0.1) is 0 Å². The molecule has 0 N–H and O–H groups in total. The van der Waals surface area contributed by atoms with Crippen molar-refractivity contribution < 1.29 is 0 Å². The van der Waals surface area contributed by atoms with Gasteiger partial charge in [-0.25, -0.2) is 0 Å². The average molecular weight is 535 g/mol. The molecule has 2 heteroatoms. The van der Waals surface area contributed by atoms with Crippen molar-refractivity contribution in [3.8, 4) is 44.6 Å². The fraction of sp³-hybridized carbons (Fsp3) is 0. The number of nitrogens with zero attached hydrogens (tertiary/aromatic N) is 2. The summed E-state index contributed by atoms with van der Waals surface area (Å²) >= 11 is 0. The van der Waals surface area contributed by atoms with Gasteiger partial charge in [0.05, 0.1) is 5.69 Å². The van der Waals surface area contributed by atoms with Crippen LogP contribution in [0.15, 0.2) is 158 Å². The summed E-state index contributed by atoms with van der Waals surface area (Å²) in [6.07, 6.45) is 5.60. The monoisotopic (exact) mass is 534 g/mol. The fourth-order valence-corrected chi connectivity index (χ4v) is 6.27. The molecule has 8 rings (SSSR count). The van der Waals surface area contributed by atoms with E-state index in [-0.39, 0.29) is 0 Å². The van der Waals surface area contributed by atoms with Gasteiger partial charge in [0.15, 0.2) is 0 Å². The Hall–Kier alpha value is -5.60. The van der Waals surface area contributed by atoms with Gasteiger partial charge in [0.25, 0.3) is 0 Å². The number of fused-ring (bicyclic) bond motifs is 3. The molecule has 0 aliphatic heterocycles. The third kappa shape index (κ3) is 4.05. The van der Waals surface area contributed by atoms with Crippen LogP contribution in [-0.4, -0.2) is 9.97 Å². The lowest BCUT2D eigenvalue weighted by Crippen LogP contribution is -1.92. The third-order valence-electron chi connectivity index (χ3n) is 8.21. The zero-order chi connectivity index (χ0) is 27.9. The minimum atomic E-state index is 0.982. The van der Waals surface area contributed by atoms with Crippen molar-refractivity contribution in [1.29, 1.82) is 0 Å². The molecule has 0 unspecified atom stereocenters. The van der Waals surface area contributed by atoms with E-state index in [2.05, 4.69) is 131 Å². The van der Waals surface area contributed by atoms with Gasteiger partial charge >= 0.3 is 0 Å². The van der Waals surface area contributed by atoms with Crippen LogP contribution in [0.25, 0.3) is 77.0 Å². The molecule has 0 atom stereocenters. The number of hydrogen-bond acceptors (Lipinski definition) is 2. The molecule has 42 heavy (non-hydrogen) atoms. The van der Waals surface area contributed by atoms with E-state index in [0.29, 0.717) is 0 Å². The van der Waals surface area contributed by atoms with Gasteiger partial charge in [-0.2, -0.15) is 0 Å². The van der Waals surface area contributed by atoms with Gasteiger partial charge in [-0.1, -0.05) is 115 Å². The number of benzene rings is 6. The Morgan fingerprint density at radius 2 is 1.05 bits per heavy atom. The maximum atomic E-state index is 4.54. The van der Waals surface area contributed by atoms with Crippen LogP contribution in [0.5, 0.6) is 0 Å². The highest BCUT2D eigenvalue weighted by atomic mass is 14.7. The normalized spacial score (nSPS) is 11.3. The molecule has 2 heterocycles. The zero-order valence-corrected chi connectivity index (χ0v) is 22.9. The minimum Gasteiger partial charge on any atom is -0.264 e. The lowest BCUT2D eigenvalue weighted by atomic mass is 9.84. The molecule has 0 saturated carbocycles. The van der Waals surface area contributed by atoms with Crippen molar-refractivity contribution in [2.45, 2.75) is 0 Å². The molecule has 0 saturated heterocycles. The van der Waals surface area contributed by atoms with Crippen molar-refractivity contribution in [3.63, 3.8) is 0 Å². The van der Waals surface area contributed by atoms with E-state index in [1.165, 1.54) is 60.1 Å². The average Bonchev–Trinajstić information content (AvgIpc) is 3.07. The highest BCUT2D eigenvalue weighted by Gasteiger charge is 2.18. The molecular formula is C40H26N2. The fourth-order valence-electron chi connectivity index (χ4n) is 6.27. The van der Waals surface area contributed by atoms with Gasteiger partial charge in [-0.3, -0.25) is 9.97 Å². The maximum absolute atomic E-state index is 4.54. The predicted molar refractivity (Wildman–Crippen MR) is 176 cm³/mol. The molecule has 0 spiro atoms. The minimum absolute atomic E-state index is 0.982. The van der Waals surface area contributed by atoms with E-state index >= 15 is 0 Å². The summed E-state index contributed by atoms with van der Waals surface area (Å²) in [5.74, 6) is 0. The van der Waals surface area contributed by atoms with Crippen LogP contribution < -0.4 is 0 Å². The van der Waals surface area contributed by atoms with Crippen LogP contribution in [0.4, 0.5) is 0 Å². The van der Waals surface area contributed by atoms with Gasteiger partial charge in [0.2, 0.25) is 0 Å². The summed E-state index contributed by atoms with van der Waals surface area (Å²) in [5.41, 5.74) is 9.35. The highest BCUT2D eigenvalue weighted by molar-refractivity contribution is 6.23. The van der Waals surface area contributed by atoms with Crippen molar-refractivity contribution in [2.24, 2.45) is 0 Å².